The predicted molar refractivity (Wildman–Crippen MR) is 46.6 cm³/mol. The van der Waals surface area contributed by atoms with Crippen LogP contribution in [0.15, 0.2) is 10.6 Å². The van der Waals surface area contributed by atoms with Crippen LogP contribution in [0.5, 0.6) is 0 Å². The van der Waals surface area contributed by atoms with Crippen molar-refractivity contribution in [2.24, 2.45) is 5.73 Å². The van der Waals surface area contributed by atoms with E-state index in [1.54, 1.807) is 0 Å². The molecule has 3 N–H and O–H groups in total. The van der Waals surface area contributed by atoms with Crippen molar-refractivity contribution in [1.82, 2.24) is 10.5 Å². The van der Waals surface area contributed by atoms with E-state index in [0.29, 0.717) is 12.6 Å². The van der Waals surface area contributed by atoms with Crippen LogP contribution in [0.1, 0.15) is 18.4 Å². The molecule has 1 atom stereocenters. The van der Waals surface area contributed by atoms with E-state index in [-0.39, 0.29) is 0 Å². The van der Waals surface area contributed by atoms with Crippen LogP contribution in [-0.2, 0) is 6.54 Å². The number of nitrogens with zero attached hydrogens (tertiary/aromatic N) is 1. The molecule has 0 aliphatic heterocycles. The molecule has 0 fully saturated rings. The molecule has 1 rings (SSSR count). The van der Waals surface area contributed by atoms with Gasteiger partial charge in [0, 0.05) is 25.2 Å². The summed E-state index contributed by atoms with van der Waals surface area (Å²) in [5.74, 6) is 0.840. The quantitative estimate of drug-likeness (QED) is 0.685. The molecule has 4 heteroatoms. The molecule has 0 aromatic carbocycles. The van der Waals surface area contributed by atoms with Gasteiger partial charge in [-0.1, -0.05) is 5.16 Å². The summed E-state index contributed by atoms with van der Waals surface area (Å²) in [7, 11) is 0. The van der Waals surface area contributed by atoms with Gasteiger partial charge in [0.15, 0.2) is 0 Å². The molecule has 0 unspecified atom stereocenters. The minimum absolute atomic E-state index is 0.321. The Balaban J connectivity index is 2.33. The first-order valence-electron chi connectivity index (χ1n) is 4.08. The maximum Gasteiger partial charge on any atom is 0.133 e. The van der Waals surface area contributed by atoms with Crippen LogP contribution in [0, 0.1) is 6.92 Å². The summed E-state index contributed by atoms with van der Waals surface area (Å²) in [6.45, 7) is 5.27. The van der Waals surface area contributed by atoms with Gasteiger partial charge >= 0.3 is 0 Å². The molecule has 12 heavy (non-hydrogen) atoms. The van der Waals surface area contributed by atoms with Gasteiger partial charge in [0.05, 0.1) is 5.69 Å². The Labute approximate surface area is 72.1 Å². The van der Waals surface area contributed by atoms with E-state index in [2.05, 4.69) is 10.5 Å². The summed E-state index contributed by atoms with van der Waals surface area (Å²) in [6, 6.07) is 2.23. The van der Waals surface area contributed by atoms with Crippen molar-refractivity contribution < 1.29 is 4.52 Å². The van der Waals surface area contributed by atoms with E-state index in [0.717, 1.165) is 18.0 Å². The minimum atomic E-state index is 0.321. The fraction of sp³-hybridized carbons (Fsp3) is 0.625. The molecule has 1 aromatic rings. The first-order chi connectivity index (χ1) is 5.72. The number of nitrogens with one attached hydrogen (secondary N) is 1. The van der Waals surface area contributed by atoms with Crippen LogP contribution in [0.3, 0.4) is 0 Å². The molecule has 0 radical (unpaired) electrons. The molecule has 0 saturated carbocycles. The molecule has 1 heterocycles. The average molecular weight is 169 g/mol. The highest BCUT2D eigenvalue weighted by Gasteiger charge is 2.01. The van der Waals surface area contributed by atoms with E-state index in [4.69, 9.17) is 10.3 Å². The van der Waals surface area contributed by atoms with Gasteiger partial charge in [0.25, 0.3) is 0 Å². The first-order valence-corrected chi connectivity index (χ1v) is 4.08. The van der Waals surface area contributed by atoms with E-state index in [1.165, 1.54) is 0 Å². The summed E-state index contributed by atoms with van der Waals surface area (Å²) in [6.07, 6.45) is 0. The highest BCUT2D eigenvalue weighted by atomic mass is 16.5. The van der Waals surface area contributed by atoms with E-state index < -0.39 is 0 Å². The van der Waals surface area contributed by atoms with Crippen molar-refractivity contribution in [3.05, 3.63) is 17.5 Å². The molecule has 0 spiro atoms. The van der Waals surface area contributed by atoms with Gasteiger partial charge < -0.3 is 15.6 Å². The van der Waals surface area contributed by atoms with Crippen molar-refractivity contribution in [3.63, 3.8) is 0 Å². The summed E-state index contributed by atoms with van der Waals surface area (Å²) in [4.78, 5) is 0. The number of aromatic nitrogens is 1. The Morgan fingerprint density at radius 2 is 2.50 bits per heavy atom. The van der Waals surface area contributed by atoms with Gasteiger partial charge in [0.2, 0.25) is 0 Å². The van der Waals surface area contributed by atoms with Crippen molar-refractivity contribution in [1.29, 1.82) is 0 Å². The van der Waals surface area contributed by atoms with E-state index in [1.807, 2.05) is 19.9 Å². The fourth-order valence-electron chi connectivity index (χ4n) is 0.863. The van der Waals surface area contributed by atoms with Crippen molar-refractivity contribution in [2.75, 3.05) is 6.54 Å². The Hall–Kier alpha value is -0.870. The molecule has 0 aliphatic rings. The lowest BCUT2D eigenvalue weighted by molar-refractivity contribution is 0.386. The average Bonchev–Trinajstić information content (AvgIpc) is 2.47. The van der Waals surface area contributed by atoms with Crippen LogP contribution >= 0.6 is 0 Å². The molecule has 1 aromatic heterocycles. The van der Waals surface area contributed by atoms with Crippen molar-refractivity contribution >= 4 is 0 Å². The minimum Gasteiger partial charge on any atom is -0.361 e. The molecule has 0 bridgehead atoms. The smallest absolute Gasteiger partial charge is 0.133 e. The third-order valence-corrected chi connectivity index (χ3v) is 1.66. The maximum atomic E-state index is 5.44. The summed E-state index contributed by atoms with van der Waals surface area (Å²) >= 11 is 0. The van der Waals surface area contributed by atoms with Crippen LogP contribution in [-0.4, -0.2) is 17.7 Å². The first kappa shape index (κ1) is 9.22. The Morgan fingerprint density at radius 1 is 1.75 bits per heavy atom. The van der Waals surface area contributed by atoms with Crippen LogP contribution < -0.4 is 11.1 Å². The lowest BCUT2D eigenvalue weighted by Gasteiger charge is -2.08. The Bertz CT molecular complexity index is 234. The van der Waals surface area contributed by atoms with Crippen molar-refractivity contribution in [2.45, 2.75) is 26.4 Å². The monoisotopic (exact) mass is 169 g/mol. The molecule has 0 saturated heterocycles. The summed E-state index contributed by atoms with van der Waals surface area (Å²) < 4.78 is 4.91. The van der Waals surface area contributed by atoms with Crippen LogP contribution in [0.2, 0.25) is 0 Å². The molecular weight excluding hydrogens is 154 g/mol. The van der Waals surface area contributed by atoms with Gasteiger partial charge in [-0.2, -0.15) is 0 Å². The topological polar surface area (TPSA) is 64.1 Å². The standard InChI is InChI=1S/C8H15N3O/c1-6(4-9)10-5-8-3-7(2)12-11-8/h3,6,10H,4-5,9H2,1-2H3/t6-/m1/s1. The SMILES string of the molecule is Cc1cc(CN[C@H](C)CN)no1. The zero-order chi connectivity index (χ0) is 8.97. The lowest BCUT2D eigenvalue weighted by atomic mass is 10.3. The number of nitrogens with two attached hydrogens (primary N) is 1. The fourth-order valence-corrected chi connectivity index (χ4v) is 0.863. The molecule has 0 aliphatic carbocycles. The largest absolute Gasteiger partial charge is 0.361 e. The number of aryl methyl sites for hydroxylation is 1. The maximum absolute atomic E-state index is 5.44. The van der Waals surface area contributed by atoms with Gasteiger partial charge in [-0.15, -0.1) is 0 Å². The number of hydrogen-bond acceptors (Lipinski definition) is 4. The number of hydrogen-bond donors (Lipinski definition) is 2. The van der Waals surface area contributed by atoms with E-state index >= 15 is 0 Å². The molecule has 68 valence electrons. The van der Waals surface area contributed by atoms with Crippen molar-refractivity contribution in [3.8, 4) is 0 Å². The summed E-state index contributed by atoms with van der Waals surface area (Å²) in [5, 5.41) is 7.06. The van der Waals surface area contributed by atoms with Gasteiger partial charge in [-0.25, -0.2) is 0 Å². The third-order valence-electron chi connectivity index (χ3n) is 1.66. The van der Waals surface area contributed by atoms with Gasteiger partial charge in [0.1, 0.15) is 5.76 Å². The van der Waals surface area contributed by atoms with Gasteiger partial charge in [-0.3, -0.25) is 0 Å². The lowest BCUT2D eigenvalue weighted by Crippen LogP contribution is -2.32. The Morgan fingerprint density at radius 3 is 3.00 bits per heavy atom. The van der Waals surface area contributed by atoms with Gasteiger partial charge in [-0.05, 0) is 13.8 Å². The highest BCUT2D eigenvalue weighted by Crippen LogP contribution is 2.00. The third kappa shape index (κ3) is 2.64. The Kier molecular flexibility index (Phi) is 3.25. The number of rotatable bonds is 4. The highest BCUT2D eigenvalue weighted by molar-refractivity contribution is 5.02. The zero-order valence-corrected chi connectivity index (χ0v) is 7.50. The molecule has 0 amide bonds. The molecular formula is C8H15N3O. The van der Waals surface area contributed by atoms with Crippen LogP contribution in [0.4, 0.5) is 0 Å². The molecule has 4 nitrogen and oxygen atoms in total. The zero-order valence-electron chi connectivity index (χ0n) is 7.50. The van der Waals surface area contributed by atoms with E-state index in [9.17, 15) is 0 Å². The second kappa shape index (κ2) is 4.23. The van der Waals surface area contributed by atoms with Crippen LogP contribution in [0.25, 0.3) is 0 Å². The second-order valence-electron chi connectivity index (χ2n) is 2.95. The predicted octanol–water partition coefficient (Wildman–Crippen LogP) is 0.420. The second-order valence-corrected chi connectivity index (χ2v) is 2.95. The normalized spacial score (nSPS) is 13.2. The summed E-state index contributed by atoms with van der Waals surface area (Å²) in [5.41, 5.74) is 6.36.